The average Bonchev–Trinajstić information content (AvgIpc) is 3.16. The van der Waals surface area contributed by atoms with E-state index in [1.54, 1.807) is 21.4 Å². The van der Waals surface area contributed by atoms with E-state index in [0.29, 0.717) is 33.5 Å². The molecule has 5 nitrogen and oxygen atoms in total. The fourth-order valence-corrected chi connectivity index (χ4v) is 4.21. The third-order valence-corrected chi connectivity index (χ3v) is 6.08. The molecule has 0 amide bonds. The van der Waals surface area contributed by atoms with Crippen LogP contribution in [0.5, 0.6) is 0 Å². The number of nitrogens with zero attached hydrogens (tertiary/aromatic N) is 4. The summed E-state index contributed by atoms with van der Waals surface area (Å²) in [6.45, 7) is 4.31. The van der Waals surface area contributed by atoms with Crippen molar-refractivity contribution < 1.29 is 0 Å². The molecule has 0 saturated heterocycles. The third kappa shape index (κ3) is 3.74. The minimum atomic E-state index is -0.219. The van der Waals surface area contributed by atoms with Crippen molar-refractivity contribution in [3.05, 3.63) is 99.8 Å². The van der Waals surface area contributed by atoms with Crippen LogP contribution in [-0.4, -0.2) is 19.3 Å². The molecular weight excluding hydrogens is 432 g/mol. The molecular formula is C27H23ClN4O. The summed E-state index contributed by atoms with van der Waals surface area (Å²) in [5.41, 5.74) is 5.24. The summed E-state index contributed by atoms with van der Waals surface area (Å²) in [4.78, 5) is 18.8. The summed E-state index contributed by atoms with van der Waals surface area (Å²) in [6, 6.07) is 25.3. The lowest BCUT2D eigenvalue weighted by Crippen LogP contribution is -2.22. The first-order valence-corrected chi connectivity index (χ1v) is 11.2. The average molecular weight is 455 g/mol. The van der Waals surface area contributed by atoms with Crippen molar-refractivity contribution in [2.24, 2.45) is 7.05 Å². The molecule has 0 unspecified atom stereocenters. The molecule has 3 aromatic carbocycles. The fraction of sp³-hybridized carbons (Fsp3) is 0.148. The summed E-state index contributed by atoms with van der Waals surface area (Å²) in [7, 11) is 1.84. The van der Waals surface area contributed by atoms with Gasteiger partial charge in [0, 0.05) is 23.2 Å². The molecule has 2 heterocycles. The Bertz CT molecular complexity index is 1500. The second-order valence-corrected chi connectivity index (χ2v) is 8.80. The summed E-state index contributed by atoms with van der Waals surface area (Å²) in [5, 5.41) is 5.16. The number of benzene rings is 3. The Balaban J connectivity index is 1.84. The quantitative estimate of drug-likeness (QED) is 0.323. The highest BCUT2D eigenvalue weighted by Gasteiger charge is 2.21. The zero-order valence-corrected chi connectivity index (χ0v) is 19.4. The molecule has 0 aliphatic heterocycles. The number of hydrogen-bond donors (Lipinski definition) is 0. The summed E-state index contributed by atoms with van der Waals surface area (Å²) in [6.07, 6.45) is 0. The van der Waals surface area contributed by atoms with Crippen molar-refractivity contribution in [1.82, 2.24) is 19.3 Å². The maximum absolute atomic E-state index is 13.8. The lowest BCUT2D eigenvalue weighted by Gasteiger charge is -2.14. The van der Waals surface area contributed by atoms with Crippen molar-refractivity contribution in [3.63, 3.8) is 0 Å². The Morgan fingerprint density at radius 1 is 0.818 bits per heavy atom. The fourth-order valence-electron chi connectivity index (χ4n) is 4.08. The van der Waals surface area contributed by atoms with Gasteiger partial charge in [-0.3, -0.25) is 14.0 Å². The molecule has 0 aliphatic carbocycles. The normalized spacial score (nSPS) is 11.4. The van der Waals surface area contributed by atoms with E-state index in [2.05, 4.69) is 31.1 Å². The van der Waals surface area contributed by atoms with E-state index in [4.69, 9.17) is 16.6 Å². The van der Waals surface area contributed by atoms with Crippen LogP contribution in [0.3, 0.4) is 0 Å². The van der Waals surface area contributed by atoms with Gasteiger partial charge in [0.25, 0.3) is 5.56 Å². The summed E-state index contributed by atoms with van der Waals surface area (Å²) < 4.78 is 3.34. The van der Waals surface area contributed by atoms with Crippen LogP contribution in [0.25, 0.3) is 39.4 Å². The Kier molecular flexibility index (Phi) is 5.35. The number of halogens is 1. The zero-order valence-electron chi connectivity index (χ0n) is 18.7. The highest BCUT2D eigenvalue weighted by atomic mass is 35.5. The topological polar surface area (TPSA) is 52.7 Å². The number of aromatic nitrogens is 4. The Labute approximate surface area is 196 Å². The van der Waals surface area contributed by atoms with Crippen LogP contribution in [-0.2, 0) is 7.05 Å². The van der Waals surface area contributed by atoms with Crippen LogP contribution in [0.2, 0.25) is 5.02 Å². The van der Waals surface area contributed by atoms with Crippen molar-refractivity contribution in [3.8, 4) is 28.3 Å². The molecule has 0 N–H and O–H groups in total. The van der Waals surface area contributed by atoms with Crippen LogP contribution in [0.4, 0.5) is 0 Å². The van der Waals surface area contributed by atoms with E-state index in [1.807, 2.05) is 61.6 Å². The Hall–Kier alpha value is -3.70. The summed E-state index contributed by atoms with van der Waals surface area (Å²) >= 11 is 6.11. The second kappa shape index (κ2) is 8.34. The maximum atomic E-state index is 13.8. The van der Waals surface area contributed by atoms with Crippen LogP contribution >= 0.6 is 11.6 Å². The zero-order chi connectivity index (χ0) is 23.1. The summed E-state index contributed by atoms with van der Waals surface area (Å²) in [5.74, 6) is 0.978. The number of fused-ring (bicyclic) bond motifs is 1. The van der Waals surface area contributed by atoms with Crippen molar-refractivity contribution >= 4 is 22.6 Å². The Morgan fingerprint density at radius 3 is 2.12 bits per heavy atom. The highest BCUT2D eigenvalue weighted by molar-refractivity contribution is 6.30. The van der Waals surface area contributed by atoms with E-state index in [-0.39, 0.29) is 5.56 Å². The first-order valence-electron chi connectivity index (χ1n) is 10.9. The first kappa shape index (κ1) is 21.2. The van der Waals surface area contributed by atoms with Crippen LogP contribution in [0.1, 0.15) is 25.3 Å². The minimum Gasteiger partial charge on any atom is -0.266 e. The third-order valence-electron chi connectivity index (χ3n) is 5.82. The predicted octanol–water partition coefficient (Wildman–Crippen LogP) is 6.23. The molecule has 164 valence electrons. The lowest BCUT2D eigenvalue weighted by molar-refractivity contribution is 0.785. The predicted molar refractivity (Wildman–Crippen MR) is 134 cm³/mol. The molecule has 0 fully saturated rings. The standard InChI is InChI=1S/C27H23ClN4O/c1-17(2)18-9-11-20(12-10-18)26-29-23-24(27(33)32(26)22-15-13-21(28)14-16-22)30-31(3)25(23)19-7-5-4-6-8-19/h4-17H,1-3H3. The number of aryl methyl sites for hydroxylation is 1. The van der Waals surface area contributed by atoms with Gasteiger partial charge < -0.3 is 0 Å². The molecule has 0 aliphatic rings. The van der Waals surface area contributed by atoms with Gasteiger partial charge in [0.15, 0.2) is 5.52 Å². The van der Waals surface area contributed by atoms with Crippen molar-refractivity contribution in [1.29, 1.82) is 0 Å². The van der Waals surface area contributed by atoms with Crippen LogP contribution < -0.4 is 5.56 Å². The monoisotopic (exact) mass is 454 g/mol. The number of rotatable bonds is 4. The Morgan fingerprint density at radius 2 is 1.48 bits per heavy atom. The molecule has 0 bridgehead atoms. The van der Waals surface area contributed by atoms with E-state index in [0.717, 1.165) is 16.8 Å². The van der Waals surface area contributed by atoms with Crippen LogP contribution in [0, 0.1) is 0 Å². The molecule has 0 atom stereocenters. The van der Waals surface area contributed by atoms with Crippen LogP contribution in [0.15, 0.2) is 83.7 Å². The molecule has 5 aromatic rings. The smallest absolute Gasteiger partial charge is 0.266 e. The van der Waals surface area contributed by atoms with E-state index < -0.39 is 0 Å². The minimum absolute atomic E-state index is 0.219. The molecule has 0 radical (unpaired) electrons. The molecule has 33 heavy (non-hydrogen) atoms. The molecule has 2 aromatic heterocycles. The van der Waals surface area contributed by atoms with Crippen molar-refractivity contribution in [2.75, 3.05) is 0 Å². The first-order chi connectivity index (χ1) is 15.9. The van der Waals surface area contributed by atoms with Crippen molar-refractivity contribution in [2.45, 2.75) is 19.8 Å². The van der Waals surface area contributed by atoms with E-state index >= 15 is 0 Å². The van der Waals surface area contributed by atoms with Gasteiger partial charge in [-0.05, 0) is 35.7 Å². The molecule has 6 heteroatoms. The van der Waals surface area contributed by atoms with Gasteiger partial charge in [0.05, 0.1) is 11.4 Å². The lowest BCUT2D eigenvalue weighted by atomic mass is 10.0. The van der Waals surface area contributed by atoms with Gasteiger partial charge in [-0.15, -0.1) is 0 Å². The van der Waals surface area contributed by atoms with Gasteiger partial charge in [0.2, 0.25) is 0 Å². The second-order valence-electron chi connectivity index (χ2n) is 8.36. The molecule has 0 spiro atoms. The molecule has 5 rings (SSSR count). The van der Waals surface area contributed by atoms with Gasteiger partial charge >= 0.3 is 0 Å². The van der Waals surface area contributed by atoms with E-state index in [9.17, 15) is 4.79 Å². The van der Waals surface area contributed by atoms with E-state index in [1.165, 1.54) is 5.56 Å². The van der Waals surface area contributed by atoms with Gasteiger partial charge in [-0.25, -0.2) is 4.98 Å². The van der Waals surface area contributed by atoms with Gasteiger partial charge in [-0.2, -0.15) is 5.10 Å². The SMILES string of the molecule is CC(C)c1ccc(-c2nc3c(-c4ccccc4)n(C)nc3c(=O)n2-c2ccc(Cl)cc2)cc1. The van der Waals surface area contributed by atoms with Gasteiger partial charge in [0.1, 0.15) is 11.3 Å². The maximum Gasteiger partial charge on any atom is 0.286 e. The molecule has 0 saturated carbocycles. The highest BCUT2D eigenvalue weighted by Crippen LogP contribution is 2.29. The van der Waals surface area contributed by atoms with Gasteiger partial charge in [-0.1, -0.05) is 80.0 Å². The largest absolute Gasteiger partial charge is 0.286 e. The number of hydrogen-bond acceptors (Lipinski definition) is 3.